The van der Waals surface area contributed by atoms with Crippen LogP contribution in [0, 0.1) is 5.92 Å². The van der Waals surface area contributed by atoms with Gasteiger partial charge in [0.25, 0.3) is 0 Å². The minimum Gasteiger partial charge on any atom is -0.295 e. The van der Waals surface area contributed by atoms with E-state index in [9.17, 15) is 4.79 Å². The van der Waals surface area contributed by atoms with Gasteiger partial charge in [0, 0.05) is 0 Å². The van der Waals surface area contributed by atoms with Crippen molar-refractivity contribution in [3.8, 4) is 0 Å². The van der Waals surface area contributed by atoms with Crippen molar-refractivity contribution in [2.45, 2.75) is 40.0 Å². The van der Waals surface area contributed by atoms with Gasteiger partial charge in [0.2, 0.25) is 0 Å². The summed E-state index contributed by atoms with van der Waals surface area (Å²) in [5.74, 6) is 0.774. The lowest BCUT2D eigenvalue weighted by molar-refractivity contribution is -0.112. The molecular weight excluding hydrogens is 160 g/mol. The van der Waals surface area contributed by atoms with Crippen LogP contribution >= 0.6 is 0 Å². The first-order valence-electron chi connectivity index (χ1n) is 4.94. The average Bonchev–Trinajstić information content (AvgIpc) is 2.04. The van der Waals surface area contributed by atoms with Gasteiger partial charge in [0.1, 0.15) is 0 Å². The molecule has 1 rings (SSSR count). The summed E-state index contributed by atoms with van der Waals surface area (Å²) in [6, 6.07) is 0. The monoisotopic (exact) mass is 178 g/mol. The Balaban J connectivity index is 2.60. The van der Waals surface area contributed by atoms with Crippen LogP contribution in [0.3, 0.4) is 0 Å². The summed E-state index contributed by atoms with van der Waals surface area (Å²) >= 11 is 0. The molecule has 0 fully saturated rings. The lowest BCUT2D eigenvalue weighted by Crippen LogP contribution is -2.07. The first kappa shape index (κ1) is 10.2. The van der Waals surface area contributed by atoms with E-state index in [0.29, 0.717) is 5.92 Å². The van der Waals surface area contributed by atoms with Gasteiger partial charge in [-0.25, -0.2) is 0 Å². The van der Waals surface area contributed by atoms with Crippen molar-refractivity contribution < 1.29 is 4.79 Å². The number of carbonyl (C=O) groups excluding carboxylic acids is 1. The molecule has 0 N–H and O–H groups in total. The molecule has 72 valence electrons. The zero-order valence-corrected chi connectivity index (χ0v) is 8.76. The molecule has 0 aromatic heterocycles. The van der Waals surface area contributed by atoms with Gasteiger partial charge in [-0.2, -0.15) is 0 Å². The van der Waals surface area contributed by atoms with Gasteiger partial charge in [0.15, 0.2) is 5.78 Å². The number of rotatable bonds is 2. The maximum atomic E-state index is 10.9. The average molecular weight is 178 g/mol. The van der Waals surface area contributed by atoms with Crippen molar-refractivity contribution in [1.82, 2.24) is 0 Å². The predicted octanol–water partition coefficient (Wildman–Crippen LogP) is 3.27. The first-order valence-corrected chi connectivity index (χ1v) is 4.94. The van der Waals surface area contributed by atoms with Gasteiger partial charge < -0.3 is 0 Å². The fraction of sp³-hybridized carbons (Fsp3) is 0.583. The summed E-state index contributed by atoms with van der Waals surface area (Å²) in [5.41, 5.74) is 2.74. The van der Waals surface area contributed by atoms with E-state index in [1.54, 1.807) is 13.0 Å². The Morgan fingerprint density at radius 3 is 2.69 bits per heavy atom. The highest BCUT2D eigenvalue weighted by Gasteiger charge is 2.13. The van der Waals surface area contributed by atoms with Crippen molar-refractivity contribution in [1.29, 1.82) is 0 Å². The molecule has 0 amide bonds. The van der Waals surface area contributed by atoms with Gasteiger partial charge in [-0.1, -0.05) is 17.2 Å². The molecule has 1 nitrogen and oxygen atoms in total. The van der Waals surface area contributed by atoms with Crippen LogP contribution < -0.4 is 0 Å². The van der Waals surface area contributed by atoms with Crippen LogP contribution in [0.5, 0.6) is 0 Å². The van der Waals surface area contributed by atoms with Crippen molar-refractivity contribution in [3.05, 3.63) is 23.3 Å². The molecule has 0 heterocycles. The van der Waals surface area contributed by atoms with E-state index >= 15 is 0 Å². The summed E-state index contributed by atoms with van der Waals surface area (Å²) in [7, 11) is 0. The van der Waals surface area contributed by atoms with Crippen LogP contribution in [0.15, 0.2) is 23.3 Å². The third kappa shape index (κ3) is 3.17. The van der Waals surface area contributed by atoms with Gasteiger partial charge in [-0.3, -0.25) is 4.79 Å². The molecule has 1 atom stereocenters. The van der Waals surface area contributed by atoms with E-state index in [0.717, 1.165) is 6.42 Å². The molecule has 0 aliphatic heterocycles. The number of carbonyl (C=O) groups is 1. The largest absolute Gasteiger partial charge is 0.295 e. The van der Waals surface area contributed by atoms with E-state index in [1.807, 2.05) is 0 Å². The normalized spacial score (nSPS) is 24.1. The summed E-state index contributed by atoms with van der Waals surface area (Å²) in [4.78, 5) is 10.9. The lowest BCUT2D eigenvalue weighted by Gasteiger charge is -2.20. The molecule has 1 heteroatoms. The van der Waals surface area contributed by atoms with Crippen molar-refractivity contribution in [3.63, 3.8) is 0 Å². The number of ketones is 1. The maximum absolute atomic E-state index is 10.9. The Hall–Kier alpha value is -0.850. The maximum Gasteiger partial charge on any atom is 0.152 e. The lowest BCUT2D eigenvalue weighted by atomic mass is 9.85. The molecule has 0 spiro atoms. The molecular formula is C12H18O. The second-order valence-corrected chi connectivity index (χ2v) is 4.02. The smallest absolute Gasteiger partial charge is 0.152 e. The van der Waals surface area contributed by atoms with Crippen LogP contribution in [0.1, 0.15) is 40.0 Å². The third-order valence-corrected chi connectivity index (χ3v) is 2.71. The van der Waals surface area contributed by atoms with Crippen molar-refractivity contribution in [2.75, 3.05) is 0 Å². The summed E-state index contributed by atoms with van der Waals surface area (Å²) in [5, 5.41) is 0. The highest BCUT2D eigenvalue weighted by molar-refractivity contribution is 5.87. The van der Waals surface area contributed by atoms with E-state index in [-0.39, 0.29) is 5.78 Å². The van der Waals surface area contributed by atoms with Crippen LogP contribution in [-0.4, -0.2) is 5.78 Å². The fourth-order valence-electron chi connectivity index (χ4n) is 1.82. The standard InChI is InChI=1S/C12H18O/c1-9-4-6-12(7-5-9)10(2)8-11(3)13/h4,8,12H,5-7H2,1-3H3/b10-8+. The molecule has 0 bridgehead atoms. The molecule has 0 aromatic rings. The summed E-state index contributed by atoms with van der Waals surface area (Å²) in [6.45, 7) is 5.87. The van der Waals surface area contributed by atoms with Gasteiger partial charge in [-0.15, -0.1) is 0 Å². The van der Waals surface area contributed by atoms with Crippen LogP contribution in [-0.2, 0) is 4.79 Å². The summed E-state index contributed by atoms with van der Waals surface area (Å²) in [6.07, 6.45) is 7.58. The predicted molar refractivity (Wildman–Crippen MR) is 55.5 cm³/mol. The Morgan fingerprint density at radius 1 is 1.54 bits per heavy atom. The molecule has 1 aliphatic rings. The number of allylic oxidation sites excluding steroid dienone is 4. The number of hydrogen-bond acceptors (Lipinski definition) is 1. The Labute approximate surface area is 80.5 Å². The van der Waals surface area contributed by atoms with Gasteiger partial charge in [-0.05, 0) is 52.0 Å². The highest BCUT2D eigenvalue weighted by Crippen LogP contribution is 2.28. The van der Waals surface area contributed by atoms with Crippen LogP contribution in [0.4, 0.5) is 0 Å². The van der Waals surface area contributed by atoms with Crippen molar-refractivity contribution in [2.24, 2.45) is 5.92 Å². The fourth-order valence-corrected chi connectivity index (χ4v) is 1.82. The zero-order valence-electron chi connectivity index (χ0n) is 8.76. The van der Waals surface area contributed by atoms with E-state index < -0.39 is 0 Å². The Morgan fingerprint density at radius 2 is 2.23 bits per heavy atom. The second kappa shape index (κ2) is 4.40. The Bertz CT molecular complexity index is 258. The minimum absolute atomic E-state index is 0.170. The van der Waals surface area contributed by atoms with E-state index in [1.165, 1.54) is 24.0 Å². The minimum atomic E-state index is 0.170. The zero-order chi connectivity index (χ0) is 9.84. The third-order valence-electron chi connectivity index (χ3n) is 2.71. The van der Waals surface area contributed by atoms with E-state index in [2.05, 4.69) is 19.9 Å². The van der Waals surface area contributed by atoms with Gasteiger partial charge >= 0.3 is 0 Å². The molecule has 0 saturated carbocycles. The number of hydrogen-bond donors (Lipinski definition) is 0. The highest BCUT2D eigenvalue weighted by atomic mass is 16.1. The quantitative estimate of drug-likeness (QED) is 0.468. The van der Waals surface area contributed by atoms with Crippen molar-refractivity contribution >= 4 is 5.78 Å². The van der Waals surface area contributed by atoms with E-state index in [4.69, 9.17) is 0 Å². The summed E-state index contributed by atoms with van der Waals surface area (Å²) < 4.78 is 0. The topological polar surface area (TPSA) is 17.1 Å². The van der Waals surface area contributed by atoms with Gasteiger partial charge in [0.05, 0.1) is 0 Å². The SMILES string of the molecule is CC(=O)/C=C(\C)C1CC=C(C)CC1. The van der Waals surface area contributed by atoms with Crippen LogP contribution in [0.2, 0.25) is 0 Å². The molecule has 0 aromatic carbocycles. The Kier molecular flexibility index (Phi) is 3.47. The first-order chi connectivity index (χ1) is 6.09. The molecule has 1 aliphatic carbocycles. The molecule has 0 radical (unpaired) electrons. The second-order valence-electron chi connectivity index (χ2n) is 4.02. The molecule has 13 heavy (non-hydrogen) atoms. The van der Waals surface area contributed by atoms with Crippen LogP contribution in [0.25, 0.3) is 0 Å². The molecule has 1 unspecified atom stereocenters. The molecule has 0 saturated heterocycles.